The van der Waals surface area contributed by atoms with E-state index in [0.29, 0.717) is 12.5 Å². The van der Waals surface area contributed by atoms with Crippen molar-refractivity contribution >= 4 is 11.9 Å². The molecule has 1 fully saturated rings. The molecule has 2 aliphatic heterocycles. The Kier molecular flexibility index (Phi) is 5.45. The van der Waals surface area contributed by atoms with Crippen LogP contribution in [0.15, 0.2) is 23.5 Å². The predicted octanol–water partition coefficient (Wildman–Crippen LogP) is 0.474. The van der Waals surface area contributed by atoms with E-state index in [1.807, 2.05) is 6.07 Å². The summed E-state index contributed by atoms with van der Waals surface area (Å²) in [4.78, 5) is 17.5. The highest BCUT2D eigenvalue weighted by Crippen LogP contribution is 2.15. The number of aryl methyl sites for hydroxylation is 1. The van der Waals surface area contributed by atoms with Crippen molar-refractivity contribution in [3.8, 4) is 0 Å². The van der Waals surface area contributed by atoms with Gasteiger partial charge in [-0.2, -0.15) is 0 Å². The van der Waals surface area contributed by atoms with Crippen molar-refractivity contribution in [3.63, 3.8) is 0 Å². The summed E-state index contributed by atoms with van der Waals surface area (Å²) in [5.74, 6) is 3.55. The molecule has 144 valence electrons. The summed E-state index contributed by atoms with van der Waals surface area (Å²) in [7, 11) is 0. The van der Waals surface area contributed by atoms with E-state index >= 15 is 0 Å². The molecule has 9 nitrogen and oxygen atoms in total. The molecule has 4 rings (SSSR count). The van der Waals surface area contributed by atoms with Crippen molar-refractivity contribution < 1.29 is 0 Å². The highest BCUT2D eigenvalue weighted by molar-refractivity contribution is 5.78. The third-order valence-electron chi connectivity index (χ3n) is 5.23. The zero-order valence-electron chi connectivity index (χ0n) is 15.7. The van der Waals surface area contributed by atoms with Crippen molar-refractivity contribution in [2.75, 3.05) is 37.6 Å². The Morgan fingerprint density at radius 3 is 2.63 bits per heavy atom. The number of rotatable bonds is 4. The Labute approximate surface area is 159 Å². The Bertz CT molecular complexity index is 762. The van der Waals surface area contributed by atoms with Crippen LogP contribution in [0, 0.1) is 0 Å². The van der Waals surface area contributed by atoms with Gasteiger partial charge in [-0.05, 0) is 18.9 Å². The van der Waals surface area contributed by atoms with E-state index < -0.39 is 0 Å². The molecule has 0 atom stereocenters. The second-order valence-electron chi connectivity index (χ2n) is 7.01. The van der Waals surface area contributed by atoms with Gasteiger partial charge in [0.15, 0.2) is 5.96 Å². The Morgan fingerprint density at radius 1 is 1.00 bits per heavy atom. The zero-order valence-corrected chi connectivity index (χ0v) is 15.7. The van der Waals surface area contributed by atoms with Crippen LogP contribution in [-0.2, 0) is 19.4 Å². The monoisotopic (exact) mass is 369 g/mol. The van der Waals surface area contributed by atoms with Crippen LogP contribution in [0.5, 0.6) is 0 Å². The lowest BCUT2D eigenvalue weighted by atomic mass is 10.2. The second-order valence-corrected chi connectivity index (χ2v) is 7.01. The van der Waals surface area contributed by atoms with Gasteiger partial charge in [0, 0.05) is 64.5 Å². The van der Waals surface area contributed by atoms with Gasteiger partial charge in [0.05, 0.1) is 0 Å². The van der Waals surface area contributed by atoms with Crippen LogP contribution >= 0.6 is 0 Å². The molecule has 0 spiro atoms. The van der Waals surface area contributed by atoms with Gasteiger partial charge in [0.1, 0.15) is 11.6 Å². The minimum Gasteiger partial charge on any atom is -0.370 e. The van der Waals surface area contributed by atoms with Crippen molar-refractivity contribution in [1.29, 1.82) is 0 Å². The van der Waals surface area contributed by atoms with Crippen LogP contribution in [0.1, 0.15) is 30.9 Å². The number of aromatic nitrogens is 5. The number of nitrogens with zero attached hydrogens (tertiary/aromatic N) is 8. The fourth-order valence-electron chi connectivity index (χ4n) is 3.69. The maximum atomic E-state index is 6.22. The molecule has 0 amide bonds. The van der Waals surface area contributed by atoms with Gasteiger partial charge in [-0.3, -0.25) is 4.99 Å². The summed E-state index contributed by atoms with van der Waals surface area (Å²) in [6, 6.07) is 1.83. The normalized spacial score (nSPS) is 18.3. The summed E-state index contributed by atoms with van der Waals surface area (Å²) in [6.45, 7) is 5.02. The van der Waals surface area contributed by atoms with Gasteiger partial charge in [0.25, 0.3) is 0 Å². The number of aliphatic imine (C=N–C) groups is 1. The first-order valence-electron chi connectivity index (χ1n) is 9.79. The molecular formula is C18H27N9. The molecule has 0 bridgehead atoms. The Hall–Kier alpha value is -2.71. The predicted molar refractivity (Wildman–Crippen MR) is 104 cm³/mol. The molecule has 0 aliphatic carbocycles. The lowest BCUT2D eigenvalue weighted by Gasteiger charge is -2.35. The quantitative estimate of drug-likeness (QED) is 0.617. The molecule has 2 aromatic heterocycles. The Morgan fingerprint density at radius 2 is 1.81 bits per heavy atom. The molecule has 1 saturated heterocycles. The average Bonchev–Trinajstić information content (AvgIpc) is 2.95. The number of hydrogen-bond acceptors (Lipinski definition) is 6. The molecule has 9 heteroatoms. The first kappa shape index (κ1) is 17.7. The van der Waals surface area contributed by atoms with E-state index in [1.165, 1.54) is 19.3 Å². The summed E-state index contributed by atoms with van der Waals surface area (Å²) in [5.41, 5.74) is 6.22. The Balaban J connectivity index is 1.29. The molecule has 0 radical (unpaired) electrons. The minimum absolute atomic E-state index is 0.610. The molecule has 0 saturated carbocycles. The second kappa shape index (κ2) is 8.32. The summed E-state index contributed by atoms with van der Waals surface area (Å²) < 4.78 is 2.28. The van der Waals surface area contributed by atoms with E-state index in [-0.39, 0.29) is 0 Å². The van der Waals surface area contributed by atoms with Crippen LogP contribution in [0.3, 0.4) is 0 Å². The van der Waals surface area contributed by atoms with Crippen LogP contribution in [0.4, 0.5) is 5.95 Å². The van der Waals surface area contributed by atoms with E-state index in [0.717, 1.165) is 63.2 Å². The fraction of sp³-hybridized carbons (Fsp3) is 0.611. The van der Waals surface area contributed by atoms with E-state index in [9.17, 15) is 0 Å². The number of nitrogens with two attached hydrogens (primary N) is 1. The molecule has 2 aromatic rings. The van der Waals surface area contributed by atoms with Gasteiger partial charge in [0.2, 0.25) is 5.95 Å². The average molecular weight is 369 g/mol. The van der Waals surface area contributed by atoms with Crippen molar-refractivity contribution in [2.24, 2.45) is 10.7 Å². The van der Waals surface area contributed by atoms with Gasteiger partial charge < -0.3 is 20.1 Å². The molecule has 0 aromatic carbocycles. The van der Waals surface area contributed by atoms with Gasteiger partial charge in [-0.25, -0.2) is 9.97 Å². The van der Waals surface area contributed by atoms with Crippen molar-refractivity contribution in [2.45, 2.75) is 38.6 Å². The molecule has 2 aliphatic rings. The van der Waals surface area contributed by atoms with Crippen molar-refractivity contribution in [3.05, 3.63) is 30.1 Å². The first-order chi connectivity index (χ1) is 13.3. The van der Waals surface area contributed by atoms with Crippen LogP contribution in [-0.4, -0.2) is 68.3 Å². The zero-order chi connectivity index (χ0) is 18.5. The van der Waals surface area contributed by atoms with E-state index in [2.05, 4.69) is 39.5 Å². The number of hydrogen-bond donors (Lipinski definition) is 1. The third kappa shape index (κ3) is 4.17. The third-order valence-corrected chi connectivity index (χ3v) is 5.23. The standard InChI is InChI=1S/C18H27N9/c19-17(25-11-13-26(14-12-25)18-21-7-4-8-22-18)20-9-6-16-24-23-15-5-2-1-3-10-27(15)16/h4,7-8H,1-3,5-6,9-14H2,(H2,19,20). The largest absolute Gasteiger partial charge is 0.370 e. The smallest absolute Gasteiger partial charge is 0.225 e. The van der Waals surface area contributed by atoms with E-state index in [4.69, 9.17) is 5.73 Å². The van der Waals surface area contributed by atoms with Crippen molar-refractivity contribution in [1.82, 2.24) is 29.6 Å². The van der Waals surface area contributed by atoms with Gasteiger partial charge in [-0.1, -0.05) is 6.42 Å². The molecular weight excluding hydrogens is 342 g/mol. The number of anilines is 1. The lowest BCUT2D eigenvalue weighted by Crippen LogP contribution is -2.51. The van der Waals surface area contributed by atoms with Crippen LogP contribution in [0.2, 0.25) is 0 Å². The topological polar surface area (TPSA) is 101 Å². The number of fused-ring (bicyclic) bond motifs is 1. The molecule has 0 unspecified atom stereocenters. The lowest BCUT2D eigenvalue weighted by molar-refractivity contribution is 0.378. The number of guanidine groups is 1. The maximum absolute atomic E-state index is 6.22. The van der Waals surface area contributed by atoms with Gasteiger partial charge >= 0.3 is 0 Å². The minimum atomic E-state index is 0.610. The highest BCUT2D eigenvalue weighted by atomic mass is 15.4. The summed E-state index contributed by atoms with van der Waals surface area (Å²) in [6.07, 6.45) is 9.06. The summed E-state index contributed by atoms with van der Waals surface area (Å²) >= 11 is 0. The first-order valence-corrected chi connectivity index (χ1v) is 9.79. The maximum Gasteiger partial charge on any atom is 0.225 e. The van der Waals surface area contributed by atoms with E-state index in [1.54, 1.807) is 12.4 Å². The molecule has 2 N–H and O–H groups in total. The van der Waals surface area contributed by atoms with Crippen LogP contribution in [0.25, 0.3) is 0 Å². The van der Waals surface area contributed by atoms with Gasteiger partial charge in [-0.15, -0.1) is 10.2 Å². The number of piperazine rings is 1. The summed E-state index contributed by atoms with van der Waals surface area (Å²) in [5, 5.41) is 8.71. The highest BCUT2D eigenvalue weighted by Gasteiger charge is 2.20. The fourth-order valence-corrected chi connectivity index (χ4v) is 3.69. The SMILES string of the molecule is NC(=NCCc1nnc2n1CCCCC2)N1CCN(c2ncccn2)CC1. The molecule has 27 heavy (non-hydrogen) atoms. The molecule has 4 heterocycles. The van der Waals surface area contributed by atoms with Crippen LogP contribution < -0.4 is 10.6 Å².